The standard InChI is InChI=1S/C25H34N6.HI/c1-21(30(3)18-23-7-5-4-6-8-23)13-14-28-25(26-2)29-17-22-9-11-24(12-10-22)19-31-16-15-27-20-31;/h4-12,15-16,20-21H,13-14,17-19H2,1-3H3,(H2,26,28,29);1H. The van der Waals surface area contributed by atoms with E-state index in [9.17, 15) is 0 Å². The molecule has 0 spiro atoms. The topological polar surface area (TPSA) is 57.5 Å². The maximum Gasteiger partial charge on any atom is 0.191 e. The third-order valence-electron chi connectivity index (χ3n) is 5.51. The predicted octanol–water partition coefficient (Wildman–Crippen LogP) is 4.13. The molecule has 3 aromatic rings. The van der Waals surface area contributed by atoms with Crippen LogP contribution in [0.15, 0.2) is 78.3 Å². The Bertz CT molecular complexity index is 909. The third kappa shape index (κ3) is 8.63. The molecule has 0 bridgehead atoms. The Morgan fingerprint density at radius 2 is 1.75 bits per heavy atom. The summed E-state index contributed by atoms with van der Waals surface area (Å²) in [7, 11) is 4.00. The van der Waals surface area contributed by atoms with Gasteiger partial charge in [0.15, 0.2) is 5.96 Å². The molecule has 6 nitrogen and oxygen atoms in total. The number of aromatic nitrogens is 2. The van der Waals surface area contributed by atoms with E-state index in [1.807, 2.05) is 19.6 Å². The Hall–Kier alpha value is -2.39. The largest absolute Gasteiger partial charge is 0.356 e. The number of guanidine groups is 1. The molecule has 0 radical (unpaired) electrons. The van der Waals surface area contributed by atoms with Crippen LogP contribution in [-0.2, 0) is 19.6 Å². The van der Waals surface area contributed by atoms with Crippen molar-refractivity contribution in [3.05, 3.63) is 90.0 Å². The van der Waals surface area contributed by atoms with Crippen LogP contribution in [0.5, 0.6) is 0 Å². The molecule has 2 N–H and O–H groups in total. The van der Waals surface area contributed by atoms with Crippen molar-refractivity contribution >= 4 is 29.9 Å². The number of nitrogens with zero attached hydrogens (tertiary/aromatic N) is 4. The molecule has 172 valence electrons. The highest BCUT2D eigenvalue weighted by Crippen LogP contribution is 2.08. The Labute approximate surface area is 209 Å². The molecule has 3 rings (SSSR count). The van der Waals surface area contributed by atoms with Gasteiger partial charge in [0, 0.05) is 51.7 Å². The highest BCUT2D eigenvalue weighted by molar-refractivity contribution is 14.0. The van der Waals surface area contributed by atoms with E-state index in [-0.39, 0.29) is 24.0 Å². The molecule has 7 heteroatoms. The summed E-state index contributed by atoms with van der Waals surface area (Å²) < 4.78 is 2.07. The van der Waals surface area contributed by atoms with E-state index in [0.717, 1.165) is 38.6 Å². The van der Waals surface area contributed by atoms with Crippen molar-refractivity contribution in [2.75, 3.05) is 20.6 Å². The fraction of sp³-hybridized carbons (Fsp3) is 0.360. The summed E-state index contributed by atoms with van der Waals surface area (Å²) in [6.45, 7) is 5.70. The highest BCUT2D eigenvalue weighted by atomic mass is 127. The number of hydrogen-bond donors (Lipinski definition) is 2. The second-order valence-corrected chi connectivity index (χ2v) is 7.94. The zero-order valence-electron chi connectivity index (χ0n) is 19.2. The minimum atomic E-state index is 0. The van der Waals surface area contributed by atoms with Gasteiger partial charge >= 0.3 is 0 Å². The Kier molecular flexibility index (Phi) is 11.2. The molecule has 0 aliphatic carbocycles. The van der Waals surface area contributed by atoms with Crippen molar-refractivity contribution in [3.8, 4) is 0 Å². The van der Waals surface area contributed by atoms with Gasteiger partial charge in [-0.25, -0.2) is 4.98 Å². The molecule has 1 unspecified atom stereocenters. The van der Waals surface area contributed by atoms with E-state index in [2.05, 4.69) is 98.6 Å². The van der Waals surface area contributed by atoms with Gasteiger partial charge in [0.1, 0.15) is 0 Å². The number of benzene rings is 2. The number of aliphatic imine (C=N–C) groups is 1. The molecule has 0 saturated carbocycles. The third-order valence-corrected chi connectivity index (χ3v) is 5.51. The molecular weight excluding hydrogens is 511 g/mol. The van der Waals surface area contributed by atoms with E-state index in [1.54, 1.807) is 6.20 Å². The van der Waals surface area contributed by atoms with Gasteiger partial charge in [0.05, 0.1) is 6.33 Å². The number of rotatable bonds is 10. The maximum atomic E-state index is 4.35. The van der Waals surface area contributed by atoms with Crippen LogP contribution in [-0.4, -0.2) is 47.1 Å². The smallest absolute Gasteiger partial charge is 0.191 e. The first-order valence-electron chi connectivity index (χ1n) is 10.9. The van der Waals surface area contributed by atoms with Crippen molar-refractivity contribution in [2.45, 2.75) is 39.0 Å². The van der Waals surface area contributed by atoms with Gasteiger partial charge < -0.3 is 15.2 Å². The Morgan fingerprint density at radius 3 is 2.41 bits per heavy atom. The minimum absolute atomic E-state index is 0. The van der Waals surface area contributed by atoms with Gasteiger partial charge in [0.2, 0.25) is 0 Å². The van der Waals surface area contributed by atoms with Crippen LogP contribution in [0, 0.1) is 0 Å². The Balaban J connectivity index is 0.00000363. The summed E-state index contributed by atoms with van der Waals surface area (Å²) in [6.07, 6.45) is 6.67. The molecule has 0 saturated heterocycles. The van der Waals surface area contributed by atoms with Crippen molar-refractivity contribution < 1.29 is 0 Å². The first kappa shape index (κ1) is 25.9. The van der Waals surface area contributed by atoms with Crippen molar-refractivity contribution in [2.24, 2.45) is 4.99 Å². The lowest BCUT2D eigenvalue weighted by Gasteiger charge is -2.25. The fourth-order valence-electron chi connectivity index (χ4n) is 3.41. The Morgan fingerprint density at radius 1 is 1.03 bits per heavy atom. The van der Waals surface area contributed by atoms with Crippen LogP contribution in [0.2, 0.25) is 0 Å². The monoisotopic (exact) mass is 546 g/mol. The molecule has 1 atom stereocenters. The lowest BCUT2D eigenvalue weighted by atomic mass is 10.1. The van der Waals surface area contributed by atoms with Crippen molar-refractivity contribution in [3.63, 3.8) is 0 Å². The summed E-state index contributed by atoms with van der Waals surface area (Å²) in [4.78, 5) is 10.8. The molecule has 2 aromatic carbocycles. The molecule has 0 aliphatic rings. The first-order chi connectivity index (χ1) is 15.1. The number of nitrogens with one attached hydrogen (secondary N) is 2. The molecule has 0 aliphatic heterocycles. The van der Waals surface area contributed by atoms with Gasteiger partial charge in [-0.3, -0.25) is 9.89 Å². The highest BCUT2D eigenvalue weighted by Gasteiger charge is 2.10. The van der Waals surface area contributed by atoms with Gasteiger partial charge in [-0.05, 0) is 37.1 Å². The molecule has 0 amide bonds. The number of imidazole rings is 1. The molecule has 32 heavy (non-hydrogen) atoms. The zero-order valence-corrected chi connectivity index (χ0v) is 21.6. The van der Waals surface area contributed by atoms with Crippen molar-refractivity contribution in [1.29, 1.82) is 0 Å². The zero-order chi connectivity index (χ0) is 21.9. The van der Waals surface area contributed by atoms with E-state index in [0.29, 0.717) is 6.04 Å². The normalized spacial score (nSPS) is 12.3. The van der Waals surface area contributed by atoms with Gasteiger partial charge in [-0.2, -0.15) is 0 Å². The van der Waals surface area contributed by atoms with Crippen molar-refractivity contribution in [1.82, 2.24) is 25.1 Å². The SMILES string of the molecule is CN=C(NCCC(C)N(C)Cc1ccccc1)NCc1ccc(Cn2ccnc2)cc1.I. The van der Waals surface area contributed by atoms with E-state index in [4.69, 9.17) is 0 Å². The summed E-state index contributed by atoms with van der Waals surface area (Å²) in [5, 5.41) is 6.84. The summed E-state index contributed by atoms with van der Waals surface area (Å²) in [5.74, 6) is 0.834. The van der Waals surface area contributed by atoms with E-state index < -0.39 is 0 Å². The van der Waals surface area contributed by atoms with Crippen LogP contribution in [0.3, 0.4) is 0 Å². The van der Waals surface area contributed by atoms with Gasteiger partial charge in [0.25, 0.3) is 0 Å². The number of hydrogen-bond acceptors (Lipinski definition) is 3. The quantitative estimate of drug-likeness (QED) is 0.228. The molecule has 1 heterocycles. The lowest BCUT2D eigenvalue weighted by molar-refractivity contribution is 0.238. The van der Waals surface area contributed by atoms with Crippen LogP contribution in [0.1, 0.15) is 30.0 Å². The second-order valence-electron chi connectivity index (χ2n) is 7.94. The van der Waals surface area contributed by atoms with E-state index >= 15 is 0 Å². The predicted molar refractivity (Wildman–Crippen MR) is 143 cm³/mol. The van der Waals surface area contributed by atoms with E-state index in [1.165, 1.54) is 16.7 Å². The summed E-state index contributed by atoms with van der Waals surface area (Å²) in [5.41, 5.74) is 3.84. The van der Waals surface area contributed by atoms with Crippen LogP contribution >= 0.6 is 24.0 Å². The second kappa shape index (κ2) is 13.9. The minimum Gasteiger partial charge on any atom is -0.356 e. The number of halogens is 1. The van der Waals surface area contributed by atoms with Crippen LogP contribution < -0.4 is 10.6 Å². The average Bonchev–Trinajstić information content (AvgIpc) is 3.30. The molecule has 1 aromatic heterocycles. The molecule has 0 fully saturated rings. The first-order valence-corrected chi connectivity index (χ1v) is 10.9. The molecular formula is C25H35IN6. The lowest BCUT2D eigenvalue weighted by Crippen LogP contribution is -2.39. The van der Waals surface area contributed by atoms with Gasteiger partial charge in [-0.1, -0.05) is 54.6 Å². The van der Waals surface area contributed by atoms with Crippen LogP contribution in [0.25, 0.3) is 0 Å². The van der Waals surface area contributed by atoms with Gasteiger partial charge in [-0.15, -0.1) is 24.0 Å². The maximum absolute atomic E-state index is 4.35. The fourth-order valence-corrected chi connectivity index (χ4v) is 3.41. The summed E-state index contributed by atoms with van der Waals surface area (Å²) >= 11 is 0. The summed E-state index contributed by atoms with van der Waals surface area (Å²) in [6, 6.07) is 19.7. The van der Waals surface area contributed by atoms with Crippen LogP contribution in [0.4, 0.5) is 0 Å². The average molecular weight is 547 g/mol.